The highest BCUT2D eigenvalue weighted by atomic mass is 16.5. The van der Waals surface area contributed by atoms with E-state index in [4.69, 9.17) is 4.74 Å². The van der Waals surface area contributed by atoms with Crippen molar-refractivity contribution in [3.63, 3.8) is 0 Å². The van der Waals surface area contributed by atoms with Crippen molar-refractivity contribution < 1.29 is 9.53 Å². The molecule has 1 aromatic carbocycles. The fourth-order valence-corrected chi connectivity index (χ4v) is 3.47. The van der Waals surface area contributed by atoms with E-state index >= 15 is 0 Å². The number of para-hydroxylation sites is 2. The van der Waals surface area contributed by atoms with Crippen LogP contribution in [0.4, 0.5) is 5.69 Å². The molecule has 0 radical (unpaired) electrons. The second-order valence-electron chi connectivity index (χ2n) is 7.16. The predicted octanol–water partition coefficient (Wildman–Crippen LogP) is 1.98. The molecule has 0 bridgehead atoms. The normalized spacial score (nSPS) is 16.4. The van der Waals surface area contributed by atoms with Gasteiger partial charge in [-0.15, -0.1) is 0 Å². The summed E-state index contributed by atoms with van der Waals surface area (Å²) >= 11 is 0. The lowest BCUT2D eigenvalue weighted by Crippen LogP contribution is -2.61. The average Bonchev–Trinajstić information content (AvgIpc) is 2.62. The minimum atomic E-state index is -0.216. The number of ether oxygens (including phenoxy) is 1. The number of pyridine rings is 1. The van der Waals surface area contributed by atoms with Crippen LogP contribution < -0.4 is 15.1 Å². The van der Waals surface area contributed by atoms with Crippen LogP contribution in [-0.4, -0.2) is 47.7 Å². The van der Waals surface area contributed by atoms with Crippen molar-refractivity contribution in [1.29, 1.82) is 0 Å². The van der Waals surface area contributed by atoms with Gasteiger partial charge in [0.15, 0.2) is 5.43 Å². The summed E-state index contributed by atoms with van der Waals surface area (Å²) in [4.78, 5) is 28.1. The molecular formula is C20H25N3O3. The van der Waals surface area contributed by atoms with Crippen molar-refractivity contribution in [3.8, 4) is 5.75 Å². The summed E-state index contributed by atoms with van der Waals surface area (Å²) in [5.41, 5.74) is 0.777. The van der Waals surface area contributed by atoms with Gasteiger partial charge in [-0.25, -0.2) is 0 Å². The van der Waals surface area contributed by atoms with E-state index in [9.17, 15) is 9.59 Å². The highest BCUT2D eigenvalue weighted by Crippen LogP contribution is 2.34. The van der Waals surface area contributed by atoms with Gasteiger partial charge in [0, 0.05) is 44.2 Å². The molecule has 1 aliphatic heterocycles. The van der Waals surface area contributed by atoms with Crippen LogP contribution in [0, 0.1) is 0 Å². The van der Waals surface area contributed by atoms with Crippen LogP contribution in [-0.2, 0) is 11.3 Å². The van der Waals surface area contributed by atoms with Crippen LogP contribution in [0.25, 0.3) is 0 Å². The molecule has 2 heterocycles. The Morgan fingerprint density at radius 1 is 1.12 bits per heavy atom. The maximum absolute atomic E-state index is 12.7. The molecule has 0 spiro atoms. The van der Waals surface area contributed by atoms with E-state index in [1.807, 2.05) is 23.1 Å². The van der Waals surface area contributed by atoms with Gasteiger partial charge in [-0.1, -0.05) is 12.1 Å². The summed E-state index contributed by atoms with van der Waals surface area (Å²) in [7, 11) is 1.68. The smallest absolute Gasteiger partial charge is 0.242 e. The Hall–Kier alpha value is -2.76. The number of piperazine rings is 1. The van der Waals surface area contributed by atoms with Crippen molar-refractivity contribution in [3.05, 3.63) is 59.0 Å². The summed E-state index contributed by atoms with van der Waals surface area (Å²) in [6.45, 7) is 6.54. The lowest BCUT2D eigenvalue weighted by Gasteiger charge is -2.48. The summed E-state index contributed by atoms with van der Waals surface area (Å²) in [5.74, 6) is 0.898. The average molecular weight is 355 g/mol. The molecular weight excluding hydrogens is 330 g/mol. The highest BCUT2D eigenvalue weighted by molar-refractivity contribution is 5.76. The first-order chi connectivity index (χ1) is 12.4. The Morgan fingerprint density at radius 3 is 2.46 bits per heavy atom. The lowest BCUT2D eigenvalue weighted by atomic mass is 9.97. The second-order valence-corrected chi connectivity index (χ2v) is 7.16. The SMILES string of the molecule is COc1ccccc1N1CCN(C(=O)Cn2ccc(=O)cc2)CC1(C)C. The quantitative estimate of drug-likeness (QED) is 0.842. The molecule has 3 rings (SSSR count). The molecule has 0 atom stereocenters. The van der Waals surface area contributed by atoms with Crippen LogP contribution in [0.15, 0.2) is 53.6 Å². The van der Waals surface area contributed by atoms with Gasteiger partial charge >= 0.3 is 0 Å². The molecule has 1 amide bonds. The molecule has 1 aromatic heterocycles. The van der Waals surface area contributed by atoms with Crippen molar-refractivity contribution in [2.24, 2.45) is 0 Å². The van der Waals surface area contributed by atoms with Gasteiger partial charge in [0.2, 0.25) is 5.91 Å². The summed E-state index contributed by atoms with van der Waals surface area (Å²) < 4.78 is 7.24. The van der Waals surface area contributed by atoms with Gasteiger partial charge in [-0.2, -0.15) is 0 Å². The second kappa shape index (κ2) is 7.23. The number of nitrogens with zero attached hydrogens (tertiary/aromatic N) is 3. The number of anilines is 1. The Bertz CT molecular complexity index is 824. The van der Waals surface area contributed by atoms with Crippen LogP contribution >= 0.6 is 0 Å². The standard InChI is InChI=1S/C20H25N3O3/c1-20(2)15-22(19(25)14-21-10-8-16(24)9-11-21)12-13-23(20)17-6-4-5-7-18(17)26-3/h4-11H,12-15H2,1-3H3. The number of benzene rings is 1. The molecule has 2 aromatic rings. The number of hydrogen-bond acceptors (Lipinski definition) is 4. The largest absolute Gasteiger partial charge is 0.495 e. The maximum atomic E-state index is 12.7. The van der Waals surface area contributed by atoms with Gasteiger partial charge in [0.05, 0.1) is 18.3 Å². The molecule has 0 aliphatic carbocycles. The molecule has 1 aliphatic rings. The zero-order chi connectivity index (χ0) is 18.7. The lowest BCUT2D eigenvalue weighted by molar-refractivity contribution is -0.133. The van der Waals surface area contributed by atoms with Gasteiger partial charge in [0.1, 0.15) is 12.3 Å². The summed E-state index contributed by atoms with van der Waals surface area (Å²) in [6.07, 6.45) is 3.30. The zero-order valence-corrected chi connectivity index (χ0v) is 15.5. The minimum absolute atomic E-state index is 0.0553. The molecule has 1 fully saturated rings. The fraction of sp³-hybridized carbons (Fsp3) is 0.400. The number of hydrogen-bond donors (Lipinski definition) is 0. The van der Waals surface area contributed by atoms with Gasteiger partial charge in [-0.3, -0.25) is 9.59 Å². The molecule has 0 saturated carbocycles. The van der Waals surface area contributed by atoms with Gasteiger partial charge in [-0.05, 0) is 26.0 Å². The van der Waals surface area contributed by atoms with Crippen molar-refractivity contribution in [1.82, 2.24) is 9.47 Å². The number of rotatable bonds is 4. The maximum Gasteiger partial charge on any atom is 0.242 e. The van der Waals surface area contributed by atoms with Gasteiger partial charge < -0.3 is 19.1 Å². The Kier molecular flexibility index (Phi) is 5.02. The molecule has 1 saturated heterocycles. The topological polar surface area (TPSA) is 54.8 Å². The number of carbonyl (C=O) groups is 1. The number of methoxy groups -OCH3 is 1. The molecule has 6 heteroatoms. The van der Waals surface area contributed by atoms with Crippen LogP contribution in [0.5, 0.6) is 5.75 Å². The Balaban J connectivity index is 1.72. The predicted molar refractivity (Wildman–Crippen MR) is 102 cm³/mol. The van der Waals surface area contributed by atoms with E-state index in [1.54, 1.807) is 24.1 Å². The van der Waals surface area contributed by atoms with Gasteiger partial charge in [0.25, 0.3) is 0 Å². The number of carbonyl (C=O) groups excluding carboxylic acids is 1. The van der Waals surface area contributed by atoms with E-state index in [1.165, 1.54) is 12.1 Å². The van der Waals surface area contributed by atoms with Crippen LogP contribution in [0.2, 0.25) is 0 Å². The molecule has 26 heavy (non-hydrogen) atoms. The van der Waals surface area contributed by atoms with E-state index in [-0.39, 0.29) is 23.4 Å². The van der Waals surface area contributed by atoms with Crippen molar-refractivity contribution in [2.75, 3.05) is 31.6 Å². The minimum Gasteiger partial charge on any atom is -0.495 e. The molecule has 138 valence electrons. The molecule has 0 N–H and O–H groups in total. The van der Waals surface area contributed by atoms with E-state index in [2.05, 4.69) is 24.8 Å². The Morgan fingerprint density at radius 2 is 1.81 bits per heavy atom. The first kappa shape index (κ1) is 18.0. The number of amides is 1. The first-order valence-corrected chi connectivity index (χ1v) is 8.75. The van der Waals surface area contributed by atoms with E-state index < -0.39 is 0 Å². The van der Waals surface area contributed by atoms with E-state index in [0.29, 0.717) is 13.1 Å². The fourth-order valence-electron chi connectivity index (χ4n) is 3.47. The molecule has 6 nitrogen and oxygen atoms in total. The Labute approximate surface area is 153 Å². The zero-order valence-electron chi connectivity index (χ0n) is 15.5. The third-order valence-electron chi connectivity index (χ3n) is 4.81. The monoisotopic (exact) mass is 355 g/mol. The third-order valence-corrected chi connectivity index (χ3v) is 4.81. The first-order valence-electron chi connectivity index (χ1n) is 8.75. The summed E-state index contributed by atoms with van der Waals surface area (Å²) in [5, 5.41) is 0. The summed E-state index contributed by atoms with van der Waals surface area (Å²) in [6, 6.07) is 10.9. The third kappa shape index (κ3) is 3.74. The van der Waals surface area contributed by atoms with Crippen LogP contribution in [0.3, 0.4) is 0 Å². The highest BCUT2D eigenvalue weighted by Gasteiger charge is 2.36. The molecule has 0 unspecified atom stereocenters. The van der Waals surface area contributed by atoms with Crippen molar-refractivity contribution >= 4 is 11.6 Å². The van der Waals surface area contributed by atoms with E-state index in [0.717, 1.165) is 18.0 Å². The van der Waals surface area contributed by atoms with Crippen LogP contribution in [0.1, 0.15) is 13.8 Å². The van der Waals surface area contributed by atoms with Crippen molar-refractivity contribution in [2.45, 2.75) is 25.9 Å². The number of aromatic nitrogens is 1.